The van der Waals surface area contributed by atoms with Crippen molar-refractivity contribution in [2.24, 2.45) is 0 Å². The molecule has 6 heteroatoms. The molecule has 0 saturated carbocycles. The number of hydrogen-bond donors (Lipinski definition) is 1. The molecule has 1 N–H and O–H groups in total. The van der Waals surface area contributed by atoms with E-state index in [1.807, 2.05) is 6.07 Å². The third kappa shape index (κ3) is 3.75. The zero-order valence-electron chi connectivity index (χ0n) is 11.3. The number of para-hydroxylation sites is 1. The van der Waals surface area contributed by atoms with Crippen LogP contribution in [0.25, 0.3) is 0 Å². The zero-order chi connectivity index (χ0) is 15.5. The number of nitrogens with zero attached hydrogens (tertiary/aromatic N) is 1. The van der Waals surface area contributed by atoms with Crippen LogP contribution in [0, 0.1) is 18.3 Å². The topological polar surface area (TPSA) is 70.0 Å². The molecular formula is C15H13ClN2O2S. The summed E-state index contributed by atoms with van der Waals surface area (Å²) in [7, 11) is -3.65. The monoisotopic (exact) mass is 320 g/mol. The standard InChI is InChI=1S/C15H13ClN2O2S/c1-11-5-4-8-14(16)15(11)18-21(19,20)10-13-7-3-2-6-12(13)9-17/h2-8,18H,10H2,1H3. The van der Waals surface area contributed by atoms with E-state index < -0.39 is 10.0 Å². The number of nitriles is 1. The maximum atomic E-state index is 12.3. The van der Waals surface area contributed by atoms with Crippen molar-refractivity contribution in [3.63, 3.8) is 0 Å². The Hall–Kier alpha value is -2.03. The summed E-state index contributed by atoms with van der Waals surface area (Å²) in [6.45, 7) is 1.77. The lowest BCUT2D eigenvalue weighted by Crippen LogP contribution is -2.16. The van der Waals surface area contributed by atoms with Gasteiger partial charge < -0.3 is 0 Å². The van der Waals surface area contributed by atoms with Crippen LogP contribution in [0.1, 0.15) is 16.7 Å². The van der Waals surface area contributed by atoms with Crippen molar-refractivity contribution in [1.29, 1.82) is 5.26 Å². The summed E-state index contributed by atoms with van der Waals surface area (Å²) >= 11 is 6.02. The third-order valence-corrected chi connectivity index (χ3v) is 4.48. The van der Waals surface area contributed by atoms with Crippen molar-refractivity contribution < 1.29 is 8.42 Å². The van der Waals surface area contributed by atoms with Gasteiger partial charge in [-0.2, -0.15) is 5.26 Å². The number of halogens is 1. The van der Waals surface area contributed by atoms with Crippen LogP contribution in [0.3, 0.4) is 0 Å². The average Bonchev–Trinajstić information content (AvgIpc) is 2.43. The van der Waals surface area contributed by atoms with Crippen LogP contribution in [0.4, 0.5) is 5.69 Å². The highest BCUT2D eigenvalue weighted by atomic mass is 35.5. The Kier molecular flexibility index (Phi) is 4.51. The predicted molar refractivity (Wildman–Crippen MR) is 83.6 cm³/mol. The van der Waals surface area contributed by atoms with E-state index in [0.29, 0.717) is 21.8 Å². The number of aryl methyl sites for hydroxylation is 1. The summed E-state index contributed by atoms with van der Waals surface area (Å²) in [6.07, 6.45) is 0. The SMILES string of the molecule is Cc1cccc(Cl)c1NS(=O)(=O)Cc1ccccc1C#N. The zero-order valence-corrected chi connectivity index (χ0v) is 12.9. The second kappa shape index (κ2) is 6.17. The number of rotatable bonds is 4. The molecule has 2 aromatic carbocycles. The first-order valence-corrected chi connectivity index (χ1v) is 8.19. The van der Waals surface area contributed by atoms with E-state index in [0.717, 1.165) is 5.56 Å². The maximum Gasteiger partial charge on any atom is 0.237 e. The van der Waals surface area contributed by atoms with Crippen molar-refractivity contribution in [2.75, 3.05) is 4.72 Å². The Morgan fingerprint density at radius 1 is 1.19 bits per heavy atom. The van der Waals surface area contributed by atoms with Gasteiger partial charge in [-0.1, -0.05) is 41.9 Å². The Morgan fingerprint density at radius 2 is 1.90 bits per heavy atom. The molecule has 2 rings (SSSR count). The minimum atomic E-state index is -3.65. The van der Waals surface area contributed by atoms with Crippen LogP contribution in [-0.2, 0) is 15.8 Å². The van der Waals surface area contributed by atoms with Gasteiger partial charge in [0.2, 0.25) is 10.0 Å². The second-order valence-corrected chi connectivity index (χ2v) is 6.69. The Bertz CT molecular complexity index is 790. The van der Waals surface area contributed by atoms with Crippen LogP contribution in [0.15, 0.2) is 42.5 Å². The van der Waals surface area contributed by atoms with Gasteiger partial charge in [0.25, 0.3) is 0 Å². The highest BCUT2D eigenvalue weighted by Gasteiger charge is 2.16. The molecule has 0 unspecified atom stereocenters. The number of nitrogens with one attached hydrogen (secondary N) is 1. The van der Waals surface area contributed by atoms with Crippen LogP contribution in [-0.4, -0.2) is 8.42 Å². The highest BCUT2D eigenvalue weighted by molar-refractivity contribution is 7.91. The fourth-order valence-electron chi connectivity index (χ4n) is 1.91. The van der Waals surface area contributed by atoms with Gasteiger partial charge in [0, 0.05) is 0 Å². The molecule has 0 aliphatic carbocycles. The van der Waals surface area contributed by atoms with Crippen LogP contribution < -0.4 is 4.72 Å². The van der Waals surface area contributed by atoms with Crippen molar-refractivity contribution in [3.05, 3.63) is 64.2 Å². The molecule has 21 heavy (non-hydrogen) atoms. The van der Waals surface area contributed by atoms with Gasteiger partial charge in [0.15, 0.2) is 0 Å². The van der Waals surface area contributed by atoms with Crippen molar-refractivity contribution in [1.82, 2.24) is 0 Å². The number of benzene rings is 2. The molecule has 0 aromatic heterocycles. The average molecular weight is 321 g/mol. The van der Waals surface area contributed by atoms with Crippen LogP contribution in [0.2, 0.25) is 5.02 Å². The van der Waals surface area contributed by atoms with E-state index in [9.17, 15) is 8.42 Å². The Labute approximate surface area is 129 Å². The summed E-state index contributed by atoms with van der Waals surface area (Å²) in [6, 6.07) is 13.7. The molecule has 4 nitrogen and oxygen atoms in total. The lowest BCUT2D eigenvalue weighted by atomic mass is 10.1. The fraction of sp³-hybridized carbons (Fsp3) is 0.133. The lowest BCUT2D eigenvalue weighted by molar-refractivity contribution is 0.600. The summed E-state index contributed by atoms with van der Waals surface area (Å²) in [4.78, 5) is 0. The van der Waals surface area contributed by atoms with Gasteiger partial charge in [-0.3, -0.25) is 4.72 Å². The molecule has 0 bridgehead atoms. The second-order valence-electron chi connectivity index (χ2n) is 4.56. The minimum absolute atomic E-state index is 0.276. The quantitative estimate of drug-likeness (QED) is 0.937. The van der Waals surface area contributed by atoms with E-state index in [-0.39, 0.29) is 5.75 Å². The first-order valence-electron chi connectivity index (χ1n) is 6.16. The summed E-state index contributed by atoms with van der Waals surface area (Å²) in [5.74, 6) is -0.276. The molecular weight excluding hydrogens is 308 g/mol. The van der Waals surface area contributed by atoms with Crippen LogP contribution >= 0.6 is 11.6 Å². The van der Waals surface area contributed by atoms with Gasteiger partial charge in [-0.25, -0.2) is 8.42 Å². The molecule has 0 saturated heterocycles. The first-order chi connectivity index (χ1) is 9.93. The van der Waals surface area contributed by atoms with E-state index in [2.05, 4.69) is 4.72 Å². The highest BCUT2D eigenvalue weighted by Crippen LogP contribution is 2.27. The molecule has 0 aliphatic heterocycles. The molecule has 0 spiro atoms. The maximum absolute atomic E-state index is 12.3. The van der Waals surface area contributed by atoms with E-state index >= 15 is 0 Å². The number of anilines is 1. The number of sulfonamides is 1. The van der Waals surface area contributed by atoms with Gasteiger partial charge in [-0.05, 0) is 30.2 Å². The largest absolute Gasteiger partial charge is 0.281 e. The third-order valence-electron chi connectivity index (χ3n) is 2.96. The van der Waals surface area contributed by atoms with Crippen LogP contribution in [0.5, 0.6) is 0 Å². The predicted octanol–water partition coefficient (Wildman–Crippen LogP) is 3.46. The molecule has 0 heterocycles. The minimum Gasteiger partial charge on any atom is -0.281 e. The molecule has 0 fully saturated rings. The van der Waals surface area contributed by atoms with E-state index in [1.54, 1.807) is 49.4 Å². The molecule has 0 atom stereocenters. The Morgan fingerprint density at radius 3 is 2.57 bits per heavy atom. The van der Waals surface area contributed by atoms with Gasteiger partial charge in [0.05, 0.1) is 28.1 Å². The Balaban J connectivity index is 2.30. The molecule has 108 valence electrons. The molecule has 2 aromatic rings. The van der Waals surface area contributed by atoms with Crippen molar-refractivity contribution in [3.8, 4) is 6.07 Å². The van der Waals surface area contributed by atoms with Gasteiger partial charge in [-0.15, -0.1) is 0 Å². The summed E-state index contributed by atoms with van der Waals surface area (Å²) in [5.41, 5.74) is 1.91. The molecule has 0 amide bonds. The summed E-state index contributed by atoms with van der Waals surface area (Å²) in [5, 5.41) is 9.35. The molecule has 0 radical (unpaired) electrons. The van der Waals surface area contributed by atoms with E-state index in [1.165, 1.54) is 0 Å². The van der Waals surface area contributed by atoms with Crippen molar-refractivity contribution in [2.45, 2.75) is 12.7 Å². The van der Waals surface area contributed by atoms with Gasteiger partial charge >= 0.3 is 0 Å². The first kappa shape index (κ1) is 15.4. The molecule has 0 aliphatic rings. The lowest BCUT2D eigenvalue weighted by Gasteiger charge is -2.12. The number of hydrogen-bond acceptors (Lipinski definition) is 3. The van der Waals surface area contributed by atoms with E-state index in [4.69, 9.17) is 16.9 Å². The smallest absolute Gasteiger partial charge is 0.237 e. The normalized spacial score (nSPS) is 10.9. The summed E-state index contributed by atoms with van der Waals surface area (Å²) < 4.78 is 27.0. The fourth-order valence-corrected chi connectivity index (χ4v) is 3.55. The van der Waals surface area contributed by atoms with Crippen molar-refractivity contribution >= 4 is 27.3 Å². The van der Waals surface area contributed by atoms with Gasteiger partial charge in [0.1, 0.15) is 0 Å².